The summed E-state index contributed by atoms with van der Waals surface area (Å²) in [6, 6.07) is 15.9. The minimum absolute atomic E-state index is 0.115. The van der Waals surface area contributed by atoms with Crippen molar-refractivity contribution >= 4 is 49.0 Å². The van der Waals surface area contributed by atoms with Gasteiger partial charge in [0, 0.05) is 16.8 Å². The van der Waals surface area contributed by atoms with Crippen LogP contribution in [0.15, 0.2) is 48.7 Å². The van der Waals surface area contributed by atoms with Crippen molar-refractivity contribution in [3.63, 3.8) is 0 Å². The number of aryl methyl sites for hydroxylation is 3. The first-order valence-electron chi connectivity index (χ1n) is 11.9. The third-order valence-corrected chi connectivity index (χ3v) is 7.87. The van der Waals surface area contributed by atoms with E-state index in [0.717, 1.165) is 54.6 Å². The maximum atomic E-state index is 13.8. The number of halogens is 3. The van der Waals surface area contributed by atoms with Gasteiger partial charge in [0.05, 0.1) is 44.4 Å². The van der Waals surface area contributed by atoms with E-state index >= 15 is 0 Å². The number of hydrogen-bond acceptors (Lipinski definition) is 1. The van der Waals surface area contributed by atoms with Crippen molar-refractivity contribution in [2.75, 3.05) is 0 Å². The summed E-state index contributed by atoms with van der Waals surface area (Å²) >= 11 is 0. The van der Waals surface area contributed by atoms with Crippen molar-refractivity contribution in [1.29, 1.82) is 5.26 Å². The Labute approximate surface area is 206 Å². The van der Waals surface area contributed by atoms with Crippen LogP contribution in [0.25, 0.3) is 49.0 Å². The van der Waals surface area contributed by atoms with Gasteiger partial charge in [0.15, 0.2) is 6.20 Å². The van der Waals surface area contributed by atoms with Gasteiger partial charge in [-0.25, -0.2) is 4.57 Å². The molecule has 6 aromatic rings. The minimum atomic E-state index is -4.31. The van der Waals surface area contributed by atoms with Crippen molar-refractivity contribution in [2.45, 2.75) is 40.3 Å². The van der Waals surface area contributed by atoms with E-state index in [9.17, 15) is 18.4 Å². The number of pyridine rings is 2. The van der Waals surface area contributed by atoms with Crippen molar-refractivity contribution in [1.82, 2.24) is 4.40 Å². The third kappa shape index (κ3) is 2.89. The third-order valence-electron chi connectivity index (χ3n) is 7.87. The molecule has 3 heterocycles. The summed E-state index contributed by atoms with van der Waals surface area (Å²) in [5, 5.41) is 14.6. The number of nitriles is 1. The Kier molecular flexibility index (Phi) is 4.46. The van der Waals surface area contributed by atoms with Gasteiger partial charge in [-0.15, -0.1) is 0 Å². The van der Waals surface area contributed by atoms with E-state index in [1.165, 1.54) is 19.4 Å². The fourth-order valence-electron chi connectivity index (χ4n) is 5.75. The zero-order valence-electron chi connectivity index (χ0n) is 20.8. The average Bonchev–Trinajstić information content (AvgIpc) is 3.13. The Morgan fingerprint density at radius 2 is 1.69 bits per heavy atom. The average molecular weight is 485 g/mol. The summed E-state index contributed by atoms with van der Waals surface area (Å²) in [6.45, 7) is 6.73. The lowest BCUT2D eigenvalue weighted by atomic mass is 9.84. The van der Waals surface area contributed by atoms with E-state index in [1.807, 2.05) is 43.6 Å². The number of aromatic nitrogens is 2. The fourth-order valence-corrected chi connectivity index (χ4v) is 5.75. The SMILES string of the molecule is Cc1cc2c3cc(C#N)ccc3n3c4cc(CC(C)(C)C(F)(F)F)cc5cc[n+](C)c(c(c1C)c23)c54. The van der Waals surface area contributed by atoms with Crippen molar-refractivity contribution < 1.29 is 17.7 Å². The first-order chi connectivity index (χ1) is 16.9. The van der Waals surface area contributed by atoms with Gasteiger partial charge in [0.1, 0.15) is 7.05 Å². The second-order valence-corrected chi connectivity index (χ2v) is 10.7. The molecular formula is C30H25F3N3+. The van der Waals surface area contributed by atoms with E-state index in [4.69, 9.17) is 0 Å². The van der Waals surface area contributed by atoms with Gasteiger partial charge >= 0.3 is 6.18 Å². The number of alkyl halides is 3. The van der Waals surface area contributed by atoms with Crippen LogP contribution < -0.4 is 4.57 Å². The summed E-state index contributed by atoms with van der Waals surface area (Å²) in [7, 11) is 2.01. The van der Waals surface area contributed by atoms with Crippen LogP contribution >= 0.6 is 0 Å². The van der Waals surface area contributed by atoms with Crippen LogP contribution in [0.5, 0.6) is 0 Å². The van der Waals surface area contributed by atoms with Gasteiger partial charge < -0.3 is 4.40 Å². The van der Waals surface area contributed by atoms with Gasteiger partial charge in [-0.1, -0.05) is 19.9 Å². The van der Waals surface area contributed by atoms with Crippen molar-refractivity contribution in [2.24, 2.45) is 12.5 Å². The molecule has 0 unspecified atom stereocenters. The smallest absolute Gasteiger partial charge is 0.307 e. The van der Waals surface area contributed by atoms with Crippen LogP contribution in [0.4, 0.5) is 13.2 Å². The maximum Gasteiger partial charge on any atom is 0.394 e. The van der Waals surface area contributed by atoms with Gasteiger partial charge in [0.25, 0.3) is 0 Å². The van der Waals surface area contributed by atoms with E-state index in [0.29, 0.717) is 11.1 Å². The number of benzene rings is 3. The molecule has 0 aliphatic rings. The summed E-state index contributed by atoms with van der Waals surface area (Å²) in [4.78, 5) is 0. The Hall–Kier alpha value is -3.85. The van der Waals surface area contributed by atoms with Crippen molar-refractivity contribution in [3.8, 4) is 6.07 Å². The highest BCUT2D eigenvalue weighted by atomic mass is 19.4. The Bertz CT molecular complexity index is 1920. The molecule has 0 aliphatic heterocycles. The highest BCUT2D eigenvalue weighted by molar-refractivity contribution is 6.26. The lowest BCUT2D eigenvalue weighted by Crippen LogP contribution is -2.34. The lowest BCUT2D eigenvalue weighted by molar-refractivity contribution is -0.643. The maximum absolute atomic E-state index is 13.8. The van der Waals surface area contributed by atoms with E-state index in [-0.39, 0.29) is 6.42 Å². The van der Waals surface area contributed by atoms with E-state index in [2.05, 4.69) is 35.0 Å². The predicted molar refractivity (Wildman–Crippen MR) is 138 cm³/mol. The predicted octanol–water partition coefficient (Wildman–Crippen LogP) is 7.43. The Balaban J connectivity index is 1.88. The second-order valence-electron chi connectivity index (χ2n) is 10.7. The highest BCUT2D eigenvalue weighted by Crippen LogP contribution is 2.44. The lowest BCUT2D eigenvalue weighted by Gasteiger charge is -2.28. The van der Waals surface area contributed by atoms with Crippen LogP contribution in [0.2, 0.25) is 0 Å². The number of rotatable bonds is 2. The Morgan fingerprint density at radius 1 is 0.944 bits per heavy atom. The van der Waals surface area contributed by atoms with Gasteiger partial charge in [-0.2, -0.15) is 18.4 Å². The molecule has 180 valence electrons. The quantitative estimate of drug-likeness (QED) is 0.143. The molecule has 0 atom stereocenters. The van der Waals surface area contributed by atoms with Crippen LogP contribution in [0.1, 0.15) is 36.1 Å². The fraction of sp³-hybridized carbons (Fsp3) is 0.267. The number of fused-ring (bicyclic) bond motifs is 5. The molecule has 0 radical (unpaired) electrons. The molecule has 0 saturated carbocycles. The molecule has 0 bridgehead atoms. The monoisotopic (exact) mass is 484 g/mol. The Morgan fingerprint density at radius 3 is 2.39 bits per heavy atom. The summed E-state index contributed by atoms with van der Waals surface area (Å²) in [6.07, 6.45) is -2.44. The van der Waals surface area contributed by atoms with Gasteiger partial charge in [-0.3, -0.25) is 0 Å². The largest absolute Gasteiger partial charge is 0.394 e. The van der Waals surface area contributed by atoms with E-state index < -0.39 is 11.6 Å². The van der Waals surface area contributed by atoms with E-state index in [1.54, 1.807) is 6.07 Å². The molecule has 0 aliphatic carbocycles. The normalized spacial score (nSPS) is 13.1. The molecule has 0 N–H and O–H groups in total. The summed E-state index contributed by atoms with van der Waals surface area (Å²) in [5.41, 5.74) is 5.62. The zero-order valence-corrected chi connectivity index (χ0v) is 20.8. The van der Waals surface area contributed by atoms with Crippen LogP contribution in [0.3, 0.4) is 0 Å². The summed E-state index contributed by atoms with van der Waals surface area (Å²) in [5.74, 6) is 0. The minimum Gasteiger partial charge on any atom is -0.307 e. The second kappa shape index (κ2) is 7.10. The topological polar surface area (TPSA) is 32.1 Å². The molecule has 0 fully saturated rings. The molecule has 3 aromatic carbocycles. The number of hydrogen-bond donors (Lipinski definition) is 0. The van der Waals surface area contributed by atoms with Crippen LogP contribution in [-0.2, 0) is 13.5 Å². The standard InChI is InChI=1S/C30H25F3N3/c1-16-10-22-21-12-18(15-34)6-7-23(21)36-24-13-19(14-29(3,4)30(31,32)33)11-20-8-9-35(5)28(26(20)24)25(17(16)2)27(22)36/h6-13H,14H2,1-5H3/q+1. The van der Waals surface area contributed by atoms with Crippen molar-refractivity contribution in [3.05, 3.63) is 70.9 Å². The van der Waals surface area contributed by atoms with Crippen LogP contribution in [-0.4, -0.2) is 10.6 Å². The highest BCUT2D eigenvalue weighted by Gasteiger charge is 2.47. The summed E-state index contributed by atoms with van der Waals surface area (Å²) < 4.78 is 45.7. The molecule has 0 saturated heterocycles. The van der Waals surface area contributed by atoms with Gasteiger partial charge in [0.2, 0.25) is 5.52 Å². The number of nitrogens with zero attached hydrogens (tertiary/aromatic N) is 3. The molecule has 6 heteroatoms. The zero-order chi connectivity index (χ0) is 25.7. The molecule has 3 nitrogen and oxygen atoms in total. The molecule has 6 rings (SSSR count). The molecule has 36 heavy (non-hydrogen) atoms. The molecule has 3 aromatic heterocycles. The molecule has 0 amide bonds. The van der Waals surface area contributed by atoms with Crippen LogP contribution in [0, 0.1) is 30.6 Å². The first-order valence-corrected chi connectivity index (χ1v) is 11.9. The van der Waals surface area contributed by atoms with Gasteiger partial charge in [-0.05, 0) is 72.7 Å². The molecule has 0 spiro atoms. The molecular weight excluding hydrogens is 459 g/mol. The first kappa shape index (κ1) is 22.6.